The third-order valence-electron chi connectivity index (χ3n) is 4.89. The first-order valence-corrected chi connectivity index (χ1v) is 7.72. The van der Waals surface area contributed by atoms with Crippen LogP contribution in [0.4, 0.5) is 0 Å². The fourth-order valence-electron chi connectivity index (χ4n) is 3.22. The summed E-state index contributed by atoms with van der Waals surface area (Å²) in [5, 5.41) is 3.73. The van der Waals surface area contributed by atoms with Crippen molar-refractivity contribution in [1.29, 1.82) is 0 Å². The van der Waals surface area contributed by atoms with E-state index in [1.807, 2.05) is 0 Å². The minimum absolute atomic E-state index is 0.506. The Hall–Kier alpha value is -0.860. The summed E-state index contributed by atoms with van der Waals surface area (Å²) in [6.07, 6.45) is 4.09. The van der Waals surface area contributed by atoms with E-state index in [4.69, 9.17) is 0 Å². The summed E-state index contributed by atoms with van der Waals surface area (Å²) in [7, 11) is 0. The van der Waals surface area contributed by atoms with Gasteiger partial charge in [0, 0.05) is 31.7 Å². The Labute approximate surface area is 117 Å². The first-order valence-electron chi connectivity index (χ1n) is 7.72. The number of benzene rings is 1. The summed E-state index contributed by atoms with van der Waals surface area (Å²) < 4.78 is 0. The standard InChI is InChI=1S/C17H26N2/c1-3-15-11-18-16(14-7-5-4-6-8-14)12-19(15)13-17(2)9-10-17/h4-8,15-16,18H,3,9-13H2,1-2H3. The summed E-state index contributed by atoms with van der Waals surface area (Å²) in [6.45, 7) is 8.34. The molecule has 0 bridgehead atoms. The van der Waals surface area contributed by atoms with Crippen LogP contribution in [0.1, 0.15) is 44.7 Å². The monoisotopic (exact) mass is 258 g/mol. The van der Waals surface area contributed by atoms with Gasteiger partial charge in [-0.25, -0.2) is 0 Å². The average molecular weight is 258 g/mol. The number of hydrogen-bond acceptors (Lipinski definition) is 2. The van der Waals surface area contributed by atoms with E-state index < -0.39 is 0 Å². The molecule has 104 valence electrons. The molecule has 1 aromatic rings. The maximum Gasteiger partial charge on any atom is 0.0449 e. The van der Waals surface area contributed by atoms with Crippen LogP contribution in [0.2, 0.25) is 0 Å². The van der Waals surface area contributed by atoms with Gasteiger partial charge in [0.2, 0.25) is 0 Å². The molecular formula is C17H26N2. The highest BCUT2D eigenvalue weighted by molar-refractivity contribution is 5.20. The lowest BCUT2D eigenvalue weighted by molar-refractivity contribution is 0.105. The normalized spacial score (nSPS) is 30.2. The van der Waals surface area contributed by atoms with Gasteiger partial charge < -0.3 is 5.32 Å². The van der Waals surface area contributed by atoms with E-state index in [1.54, 1.807) is 0 Å². The van der Waals surface area contributed by atoms with E-state index in [-0.39, 0.29) is 0 Å². The van der Waals surface area contributed by atoms with Crippen molar-refractivity contribution in [3.8, 4) is 0 Å². The van der Waals surface area contributed by atoms with E-state index in [1.165, 1.54) is 31.4 Å². The lowest BCUT2D eigenvalue weighted by Crippen LogP contribution is -2.53. The number of nitrogens with zero attached hydrogens (tertiary/aromatic N) is 1. The van der Waals surface area contributed by atoms with E-state index in [0.717, 1.165) is 19.1 Å². The Balaban J connectivity index is 1.69. The van der Waals surface area contributed by atoms with Crippen LogP contribution in [0, 0.1) is 5.41 Å². The first kappa shape index (κ1) is 13.1. The van der Waals surface area contributed by atoms with Crippen molar-refractivity contribution in [3.63, 3.8) is 0 Å². The molecule has 19 heavy (non-hydrogen) atoms. The number of hydrogen-bond donors (Lipinski definition) is 1. The number of nitrogens with one attached hydrogen (secondary N) is 1. The lowest BCUT2D eigenvalue weighted by Gasteiger charge is -2.41. The van der Waals surface area contributed by atoms with Gasteiger partial charge >= 0.3 is 0 Å². The largest absolute Gasteiger partial charge is 0.307 e. The Morgan fingerprint density at radius 2 is 2.00 bits per heavy atom. The fourth-order valence-corrected chi connectivity index (χ4v) is 3.22. The molecule has 1 N–H and O–H groups in total. The van der Waals surface area contributed by atoms with E-state index in [0.29, 0.717) is 11.5 Å². The van der Waals surface area contributed by atoms with E-state index in [2.05, 4.69) is 54.4 Å². The maximum absolute atomic E-state index is 3.73. The van der Waals surface area contributed by atoms with E-state index >= 15 is 0 Å². The van der Waals surface area contributed by atoms with Crippen molar-refractivity contribution >= 4 is 0 Å². The first-order chi connectivity index (χ1) is 9.20. The van der Waals surface area contributed by atoms with Gasteiger partial charge in [-0.2, -0.15) is 0 Å². The summed E-state index contributed by atoms with van der Waals surface area (Å²) >= 11 is 0. The molecule has 1 saturated carbocycles. The van der Waals surface area contributed by atoms with Gasteiger partial charge in [0.05, 0.1) is 0 Å². The van der Waals surface area contributed by atoms with Crippen molar-refractivity contribution < 1.29 is 0 Å². The molecule has 2 atom stereocenters. The topological polar surface area (TPSA) is 15.3 Å². The van der Waals surface area contributed by atoms with Crippen molar-refractivity contribution in [2.75, 3.05) is 19.6 Å². The van der Waals surface area contributed by atoms with Crippen LogP contribution in [0.15, 0.2) is 30.3 Å². The minimum Gasteiger partial charge on any atom is -0.307 e. The van der Waals surface area contributed by atoms with Crippen LogP contribution in [0.5, 0.6) is 0 Å². The highest BCUT2D eigenvalue weighted by Crippen LogP contribution is 2.46. The van der Waals surface area contributed by atoms with Gasteiger partial charge in [-0.05, 0) is 30.2 Å². The van der Waals surface area contributed by atoms with Gasteiger partial charge in [-0.15, -0.1) is 0 Å². The molecule has 1 aliphatic heterocycles. The van der Waals surface area contributed by atoms with Crippen LogP contribution < -0.4 is 5.32 Å². The van der Waals surface area contributed by atoms with Gasteiger partial charge in [0.25, 0.3) is 0 Å². The third-order valence-corrected chi connectivity index (χ3v) is 4.89. The van der Waals surface area contributed by atoms with Crippen molar-refractivity contribution in [3.05, 3.63) is 35.9 Å². The van der Waals surface area contributed by atoms with Crippen molar-refractivity contribution in [1.82, 2.24) is 10.2 Å². The molecular weight excluding hydrogens is 232 g/mol. The molecule has 2 heteroatoms. The molecule has 0 aromatic heterocycles. The van der Waals surface area contributed by atoms with Crippen LogP contribution in [-0.4, -0.2) is 30.6 Å². The molecule has 1 heterocycles. The fraction of sp³-hybridized carbons (Fsp3) is 0.647. The smallest absolute Gasteiger partial charge is 0.0449 e. The molecule has 0 amide bonds. The lowest BCUT2D eigenvalue weighted by atomic mass is 9.98. The van der Waals surface area contributed by atoms with Crippen LogP contribution >= 0.6 is 0 Å². The van der Waals surface area contributed by atoms with Gasteiger partial charge in [0.1, 0.15) is 0 Å². The predicted octanol–water partition coefficient (Wildman–Crippen LogP) is 3.21. The zero-order valence-corrected chi connectivity index (χ0v) is 12.2. The second-order valence-corrected chi connectivity index (χ2v) is 6.67. The van der Waals surface area contributed by atoms with Gasteiger partial charge in [-0.3, -0.25) is 4.90 Å². The number of piperazine rings is 1. The molecule has 1 aromatic carbocycles. The Morgan fingerprint density at radius 1 is 1.26 bits per heavy atom. The average Bonchev–Trinajstić information content (AvgIpc) is 3.17. The molecule has 1 saturated heterocycles. The molecule has 3 rings (SSSR count). The highest BCUT2D eigenvalue weighted by Gasteiger charge is 2.41. The van der Waals surface area contributed by atoms with Crippen LogP contribution in [-0.2, 0) is 0 Å². The van der Waals surface area contributed by atoms with E-state index in [9.17, 15) is 0 Å². The minimum atomic E-state index is 0.506. The summed E-state index contributed by atoms with van der Waals surface area (Å²) in [4.78, 5) is 2.74. The third kappa shape index (κ3) is 3.01. The van der Waals surface area contributed by atoms with Crippen LogP contribution in [0.25, 0.3) is 0 Å². The second kappa shape index (κ2) is 5.26. The predicted molar refractivity (Wildman–Crippen MR) is 80.2 cm³/mol. The molecule has 2 aliphatic rings. The quantitative estimate of drug-likeness (QED) is 0.892. The van der Waals surface area contributed by atoms with Crippen molar-refractivity contribution in [2.24, 2.45) is 5.41 Å². The van der Waals surface area contributed by atoms with Crippen molar-refractivity contribution in [2.45, 2.75) is 45.2 Å². The highest BCUT2D eigenvalue weighted by atomic mass is 15.2. The molecule has 0 radical (unpaired) electrons. The Kier molecular flexibility index (Phi) is 3.64. The Morgan fingerprint density at radius 3 is 2.63 bits per heavy atom. The molecule has 0 spiro atoms. The Bertz CT molecular complexity index is 411. The maximum atomic E-state index is 3.73. The number of rotatable bonds is 4. The summed E-state index contributed by atoms with van der Waals surface area (Å²) in [5.41, 5.74) is 2.05. The van der Waals surface area contributed by atoms with Gasteiger partial charge in [-0.1, -0.05) is 44.2 Å². The van der Waals surface area contributed by atoms with Gasteiger partial charge in [0.15, 0.2) is 0 Å². The zero-order chi connectivity index (χ0) is 13.3. The molecule has 2 unspecified atom stereocenters. The van der Waals surface area contributed by atoms with Crippen LogP contribution in [0.3, 0.4) is 0 Å². The summed E-state index contributed by atoms with van der Waals surface area (Å²) in [6, 6.07) is 12.1. The molecule has 1 aliphatic carbocycles. The zero-order valence-electron chi connectivity index (χ0n) is 12.2. The SMILES string of the molecule is CCC1CNC(c2ccccc2)CN1CC1(C)CC1. The second-order valence-electron chi connectivity index (χ2n) is 6.67. The molecule has 2 fully saturated rings. The summed E-state index contributed by atoms with van der Waals surface area (Å²) in [5.74, 6) is 0. The molecule has 2 nitrogen and oxygen atoms in total.